The zero-order valence-electron chi connectivity index (χ0n) is 17.1. The first-order valence-corrected chi connectivity index (χ1v) is 10.5. The fourth-order valence-corrected chi connectivity index (χ4v) is 3.68. The van der Waals surface area contributed by atoms with Gasteiger partial charge in [0.2, 0.25) is 0 Å². The summed E-state index contributed by atoms with van der Waals surface area (Å²) in [5, 5.41) is 10.0. The fraction of sp³-hybridized carbons (Fsp3) is 0.190. The Balaban J connectivity index is 1.44. The summed E-state index contributed by atoms with van der Waals surface area (Å²) in [5.74, 6) is -0.703. The van der Waals surface area contributed by atoms with Crippen molar-refractivity contribution in [3.05, 3.63) is 87.3 Å². The lowest BCUT2D eigenvalue weighted by atomic mass is 10.2. The molecule has 0 radical (unpaired) electrons. The number of carbonyl (C=O) groups is 1. The van der Waals surface area contributed by atoms with Gasteiger partial charge in [0.15, 0.2) is 5.76 Å². The van der Waals surface area contributed by atoms with E-state index in [4.69, 9.17) is 27.6 Å². The molecule has 0 aliphatic carbocycles. The average Bonchev–Trinajstić information content (AvgIpc) is 3.49. The minimum Gasteiger partial charge on any atom is -0.454 e. The maximum absolute atomic E-state index is 13.3. The number of nitrogens with zero attached hydrogens (tertiary/aromatic N) is 4. The summed E-state index contributed by atoms with van der Waals surface area (Å²) in [4.78, 5) is 12.5. The molecule has 7 nitrogen and oxygen atoms in total. The number of hydrogen-bond acceptors (Lipinski definition) is 4. The van der Waals surface area contributed by atoms with Gasteiger partial charge in [0.25, 0.3) is 18.8 Å². The second kappa shape index (κ2) is 9.90. The maximum Gasteiger partial charge on any atom is 0.291 e. The molecule has 0 unspecified atom stereocenters. The number of benzene rings is 1. The largest absolute Gasteiger partial charge is 0.454 e. The van der Waals surface area contributed by atoms with Crippen LogP contribution in [0.5, 0.6) is 0 Å². The van der Waals surface area contributed by atoms with E-state index in [0.717, 1.165) is 5.56 Å². The molecule has 0 bridgehead atoms. The smallest absolute Gasteiger partial charge is 0.291 e. The number of rotatable bonds is 8. The minimum atomic E-state index is -3.13. The van der Waals surface area contributed by atoms with Crippen molar-refractivity contribution in [3.63, 3.8) is 0 Å². The van der Waals surface area contributed by atoms with Crippen LogP contribution in [0.25, 0.3) is 0 Å². The number of nitrogens with one attached hydrogen (secondary N) is 1. The van der Waals surface area contributed by atoms with Crippen molar-refractivity contribution < 1.29 is 26.8 Å². The van der Waals surface area contributed by atoms with Crippen LogP contribution in [0.4, 0.5) is 23.2 Å². The zero-order chi connectivity index (χ0) is 24.4. The Labute approximate surface area is 199 Å². The normalized spacial score (nSPS) is 11.5. The summed E-state index contributed by atoms with van der Waals surface area (Å²) in [5.41, 5.74) is -0.575. The topological polar surface area (TPSA) is 77.9 Å². The first-order chi connectivity index (χ1) is 16.2. The molecule has 3 aromatic heterocycles. The first-order valence-electron chi connectivity index (χ1n) is 9.71. The van der Waals surface area contributed by atoms with E-state index in [1.807, 2.05) is 18.2 Å². The summed E-state index contributed by atoms with van der Waals surface area (Å²) >= 11 is 11.8. The number of aromatic nitrogens is 4. The summed E-state index contributed by atoms with van der Waals surface area (Å²) in [7, 11) is 0. The molecular formula is C21H15Cl2F4N5O2. The van der Waals surface area contributed by atoms with Crippen molar-refractivity contribution in [2.24, 2.45) is 0 Å². The van der Waals surface area contributed by atoms with Gasteiger partial charge in [-0.3, -0.25) is 14.2 Å². The number of halogens is 6. The summed E-state index contributed by atoms with van der Waals surface area (Å²) in [6, 6.07) is 9.93. The van der Waals surface area contributed by atoms with E-state index in [9.17, 15) is 22.4 Å². The summed E-state index contributed by atoms with van der Waals surface area (Å²) in [6.07, 6.45) is -3.22. The molecule has 1 aromatic carbocycles. The Morgan fingerprint density at radius 1 is 1.06 bits per heavy atom. The van der Waals surface area contributed by atoms with Gasteiger partial charge in [0.05, 0.1) is 30.0 Å². The molecule has 4 rings (SSSR count). The molecule has 13 heteroatoms. The number of carbonyl (C=O) groups excluding carboxylic acids is 1. The number of furan rings is 1. The average molecular weight is 516 g/mol. The van der Waals surface area contributed by atoms with Crippen LogP contribution in [0.2, 0.25) is 10.0 Å². The van der Waals surface area contributed by atoms with Gasteiger partial charge in [-0.05, 0) is 23.8 Å². The SMILES string of the molecule is O=C(Nc1cnn(Cc2ccccc2Cl)c1)c1ccc(Cn2nc(C(F)F)c(Cl)c2C(F)F)o1. The molecule has 0 spiro atoms. The van der Waals surface area contributed by atoms with Gasteiger partial charge in [-0.25, -0.2) is 17.6 Å². The molecule has 0 fully saturated rings. The third-order valence-corrected chi connectivity index (χ3v) is 5.50. The highest BCUT2D eigenvalue weighted by molar-refractivity contribution is 6.32. The monoisotopic (exact) mass is 515 g/mol. The van der Waals surface area contributed by atoms with E-state index in [2.05, 4.69) is 15.5 Å². The second-order valence-electron chi connectivity index (χ2n) is 7.08. The Morgan fingerprint density at radius 2 is 1.82 bits per heavy atom. The van der Waals surface area contributed by atoms with Crippen molar-refractivity contribution in [3.8, 4) is 0 Å². The molecule has 3 heterocycles. The second-order valence-corrected chi connectivity index (χ2v) is 7.87. The maximum atomic E-state index is 13.3. The van der Waals surface area contributed by atoms with Gasteiger partial charge >= 0.3 is 0 Å². The fourth-order valence-electron chi connectivity index (χ4n) is 3.18. The Hall–Kier alpha value is -3.31. The Bertz CT molecular complexity index is 1320. The van der Waals surface area contributed by atoms with Crippen molar-refractivity contribution in [2.75, 3.05) is 5.32 Å². The Morgan fingerprint density at radius 3 is 2.53 bits per heavy atom. The van der Waals surface area contributed by atoms with E-state index < -0.39 is 41.7 Å². The Kier molecular flexibility index (Phi) is 6.94. The van der Waals surface area contributed by atoms with Gasteiger partial charge < -0.3 is 9.73 Å². The molecule has 0 atom stereocenters. The third-order valence-electron chi connectivity index (χ3n) is 4.74. The van der Waals surface area contributed by atoms with Crippen LogP contribution in [0.15, 0.2) is 53.2 Å². The molecule has 34 heavy (non-hydrogen) atoms. The third kappa shape index (κ3) is 5.10. The van der Waals surface area contributed by atoms with Crippen molar-refractivity contribution in [1.82, 2.24) is 19.6 Å². The van der Waals surface area contributed by atoms with Crippen LogP contribution < -0.4 is 5.32 Å². The van der Waals surface area contributed by atoms with Crippen LogP contribution >= 0.6 is 23.2 Å². The number of anilines is 1. The minimum absolute atomic E-state index is 0.0430. The highest BCUT2D eigenvalue weighted by atomic mass is 35.5. The molecule has 178 valence electrons. The lowest BCUT2D eigenvalue weighted by Crippen LogP contribution is -2.10. The van der Waals surface area contributed by atoms with Gasteiger partial charge in [-0.2, -0.15) is 10.2 Å². The number of hydrogen-bond donors (Lipinski definition) is 1. The number of alkyl halides is 4. The van der Waals surface area contributed by atoms with Crippen LogP contribution in [0.1, 0.15) is 46.1 Å². The summed E-state index contributed by atoms with van der Waals surface area (Å²) in [6.45, 7) is -0.0326. The van der Waals surface area contributed by atoms with E-state index in [-0.39, 0.29) is 11.5 Å². The zero-order valence-corrected chi connectivity index (χ0v) is 18.6. The molecule has 0 aliphatic rings. The molecule has 0 saturated carbocycles. The predicted molar refractivity (Wildman–Crippen MR) is 116 cm³/mol. The van der Waals surface area contributed by atoms with E-state index in [1.54, 1.807) is 16.9 Å². The first kappa shape index (κ1) is 23.8. The molecule has 1 amide bonds. The van der Waals surface area contributed by atoms with E-state index in [1.165, 1.54) is 18.3 Å². The van der Waals surface area contributed by atoms with Crippen LogP contribution in [0.3, 0.4) is 0 Å². The number of amides is 1. The van der Waals surface area contributed by atoms with E-state index >= 15 is 0 Å². The lowest BCUT2D eigenvalue weighted by molar-refractivity contribution is 0.0994. The van der Waals surface area contributed by atoms with Gasteiger partial charge in [-0.1, -0.05) is 41.4 Å². The van der Waals surface area contributed by atoms with Crippen LogP contribution in [-0.2, 0) is 13.1 Å². The quantitative estimate of drug-likeness (QED) is 0.283. The highest BCUT2D eigenvalue weighted by Crippen LogP contribution is 2.35. The van der Waals surface area contributed by atoms with Gasteiger partial charge in [0.1, 0.15) is 17.1 Å². The van der Waals surface area contributed by atoms with Gasteiger partial charge in [0, 0.05) is 11.2 Å². The van der Waals surface area contributed by atoms with E-state index in [0.29, 0.717) is 21.9 Å². The van der Waals surface area contributed by atoms with Crippen molar-refractivity contribution >= 4 is 34.8 Å². The lowest BCUT2D eigenvalue weighted by Gasteiger charge is -2.05. The molecule has 0 aliphatic heterocycles. The van der Waals surface area contributed by atoms with Crippen molar-refractivity contribution in [2.45, 2.75) is 25.9 Å². The highest BCUT2D eigenvalue weighted by Gasteiger charge is 2.28. The predicted octanol–water partition coefficient (Wildman–Crippen LogP) is 6.20. The summed E-state index contributed by atoms with van der Waals surface area (Å²) < 4.78 is 60.2. The molecule has 1 N–H and O–H groups in total. The van der Waals surface area contributed by atoms with Crippen molar-refractivity contribution in [1.29, 1.82) is 0 Å². The molecule has 4 aromatic rings. The standard InChI is InChI=1S/C21H15Cl2F4N5O2/c22-14-4-2-1-3-11(14)8-31-9-12(7-28-31)29-21(33)15-6-5-13(34-15)10-32-18(20(26)27)16(23)17(30-32)19(24)25/h1-7,9,19-20H,8,10H2,(H,29,33). The molecular weight excluding hydrogens is 501 g/mol. The van der Waals surface area contributed by atoms with Crippen LogP contribution in [-0.4, -0.2) is 25.5 Å². The van der Waals surface area contributed by atoms with Crippen LogP contribution in [0, 0.1) is 0 Å². The van der Waals surface area contributed by atoms with Gasteiger partial charge in [-0.15, -0.1) is 0 Å². The molecule has 0 saturated heterocycles.